The molecule has 2 aliphatic rings. The fourth-order valence-corrected chi connectivity index (χ4v) is 4.07. The number of halogens is 1. The first-order valence-electron chi connectivity index (χ1n) is 11.0. The van der Waals surface area contributed by atoms with Crippen LogP contribution in [0.15, 0.2) is 34.4 Å². The Balaban J connectivity index is 2.24. The normalized spacial score (nSPS) is 31.2. The van der Waals surface area contributed by atoms with Crippen LogP contribution in [0.1, 0.15) is 59.3 Å². The van der Waals surface area contributed by atoms with Crippen molar-refractivity contribution in [3.63, 3.8) is 0 Å². The highest BCUT2D eigenvalue weighted by atomic mass is 35.5. The number of carbonyl (C=O) groups is 3. The van der Waals surface area contributed by atoms with Gasteiger partial charge in [0.2, 0.25) is 0 Å². The molecule has 5 atom stereocenters. The molecule has 0 aliphatic carbocycles. The zero-order valence-electron chi connectivity index (χ0n) is 19.5. The maximum atomic E-state index is 12.7. The van der Waals surface area contributed by atoms with Crippen molar-refractivity contribution in [3.8, 4) is 0 Å². The van der Waals surface area contributed by atoms with Crippen LogP contribution in [0.25, 0.3) is 0 Å². The van der Waals surface area contributed by atoms with Gasteiger partial charge in [0, 0.05) is 18.4 Å². The first-order chi connectivity index (χ1) is 15.6. The van der Waals surface area contributed by atoms with Gasteiger partial charge >= 0.3 is 17.9 Å². The molecule has 33 heavy (non-hydrogen) atoms. The molecule has 184 valence electrons. The number of allylic oxidation sites excluding steroid dienone is 3. The van der Waals surface area contributed by atoms with Crippen LogP contribution in [0.2, 0.25) is 0 Å². The monoisotopic (exact) mass is 484 g/mol. The van der Waals surface area contributed by atoms with Crippen LogP contribution in [0.5, 0.6) is 0 Å². The minimum absolute atomic E-state index is 0.0320. The Bertz CT molecular complexity index is 815. The van der Waals surface area contributed by atoms with Gasteiger partial charge in [-0.2, -0.15) is 0 Å². The average molecular weight is 485 g/mol. The summed E-state index contributed by atoms with van der Waals surface area (Å²) < 4.78 is 21.7. The van der Waals surface area contributed by atoms with Gasteiger partial charge in [-0.15, -0.1) is 0 Å². The molecule has 8 nitrogen and oxygen atoms in total. The molecule has 9 heteroatoms. The second-order valence-electron chi connectivity index (χ2n) is 8.42. The minimum atomic E-state index is -1.09. The number of fused-ring (bicyclic) bond motifs is 2. The summed E-state index contributed by atoms with van der Waals surface area (Å²) in [5.74, 6) is -1.48. The number of rotatable bonds is 5. The van der Waals surface area contributed by atoms with E-state index in [-0.39, 0.29) is 18.9 Å². The summed E-state index contributed by atoms with van der Waals surface area (Å²) in [5, 5.41) is 11.4. The Hall–Kier alpha value is -2.16. The Morgan fingerprint density at radius 2 is 2.06 bits per heavy atom. The van der Waals surface area contributed by atoms with Crippen LogP contribution in [0.4, 0.5) is 0 Å². The van der Waals surface area contributed by atoms with Crippen LogP contribution in [0.3, 0.4) is 0 Å². The lowest BCUT2D eigenvalue weighted by molar-refractivity contribution is -0.159. The van der Waals surface area contributed by atoms with Crippen molar-refractivity contribution in [1.29, 1.82) is 0 Å². The molecule has 2 heterocycles. The number of hydrogen-bond acceptors (Lipinski definition) is 8. The number of methoxy groups -OCH3 is 1. The first-order valence-corrected chi connectivity index (χ1v) is 11.4. The third-order valence-corrected chi connectivity index (χ3v) is 5.93. The summed E-state index contributed by atoms with van der Waals surface area (Å²) in [6, 6.07) is 0. The van der Waals surface area contributed by atoms with Crippen LogP contribution < -0.4 is 0 Å². The molecule has 2 bridgehead atoms. The predicted molar refractivity (Wildman–Crippen MR) is 121 cm³/mol. The largest absolute Gasteiger partial charge is 0.469 e. The van der Waals surface area contributed by atoms with E-state index < -0.39 is 42.3 Å². The van der Waals surface area contributed by atoms with Crippen LogP contribution >= 0.6 is 11.6 Å². The highest BCUT2D eigenvalue weighted by Gasteiger charge is 2.41. The van der Waals surface area contributed by atoms with Gasteiger partial charge in [0.05, 0.1) is 26.1 Å². The van der Waals surface area contributed by atoms with E-state index in [0.29, 0.717) is 36.3 Å². The lowest BCUT2D eigenvalue weighted by Crippen LogP contribution is -2.37. The van der Waals surface area contributed by atoms with Gasteiger partial charge in [-0.05, 0) is 38.7 Å². The number of hydrogen-bond donors (Lipinski definition) is 1. The van der Waals surface area contributed by atoms with Gasteiger partial charge in [-0.1, -0.05) is 35.4 Å². The third kappa shape index (κ3) is 8.95. The van der Waals surface area contributed by atoms with Crippen molar-refractivity contribution in [2.75, 3.05) is 7.11 Å². The summed E-state index contributed by atoms with van der Waals surface area (Å²) in [7, 11) is 1.29. The molecule has 0 aromatic rings. The van der Waals surface area contributed by atoms with Gasteiger partial charge in [0.25, 0.3) is 0 Å². The fraction of sp³-hybridized carbons (Fsp3) is 0.625. The van der Waals surface area contributed by atoms with Gasteiger partial charge in [-0.25, -0.2) is 0 Å². The predicted octanol–water partition coefficient (Wildman–Crippen LogP) is 3.50. The van der Waals surface area contributed by atoms with Crippen LogP contribution in [-0.2, 0) is 33.3 Å². The zero-order valence-corrected chi connectivity index (χ0v) is 20.3. The second kappa shape index (κ2) is 12.9. The van der Waals surface area contributed by atoms with E-state index in [1.54, 1.807) is 13.8 Å². The number of carbonyl (C=O) groups excluding carboxylic acids is 3. The molecule has 0 aromatic heterocycles. The quantitative estimate of drug-likeness (QED) is 0.359. The molecule has 0 saturated carbocycles. The van der Waals surface area contributed by atoms with Crippen molar-refractivity contribution in [1.82, 2.24) is 0 Å². The SMILES string of the molecule is COC(=O)C/C(C)=C/[C@@H](O)[C@H]1O[C@H]2CC/C(Cl)=C\C/C=C(/C)[C@H](OC(C)=O)CC(=O)O[C@@H]1C2. The number of aliphatic hydroxyl groups is 1. The average Bonchev–Trinajstić information content (AvgIpc) is 3.13. The van der Waals surface area contributed by atoms with Crippen molar-refractivity contribution >= 4 is 29.5 Å². The highest BCUT2D eigenvalue weighted by Crippen LogP contribution is 2.31. The Morgan fingerprint density at radius 1 is 1.33 bits per heavy atom. The van der Waals surface area contributed by atoms with E-state index >= 15 is 0 Å². The second-order valence-corrected chi connectivity index (χ2v) is 8.90. The van der Waals surface area contributed by atoms with Gasteiger partial charge in [0.15, 0.2) is 0 Å². The molecule has 0 unspecified atom stereocenters. The van der Waals surface area contributed by atoms with E-state index in [4.69, 9.17) is 25.8 Å². The topological polar surface area (TPSA) is 108 Å². The zero-order chi connectivity index (χ0) is 24.5. The van der Waals surface area contributed by atoms with E-state index in [1.807, 2.05) is 12.2 Å². The Labute approximate surface area is 199 Å². The lowest BCUT2D eigenvalue weighted by atomic mass is 10.0. The van der Waals surface area contributed by atoms with Crippen molar-refractivity contribution in [2.24, 2.45) is 0 Å². The third-order valence-electron chi connectivity index (χ3n) is 5.59. The van der Waals surface area contributed by atoms with E-state index in [0.717, 1.165) is 5.57 Å². The fourth-order valence-electron chi connectivity index (χ4n) is 3.87. The molecule has 1 N–H and O–H groups in total. The smallest absolute Gasteiger partial charge is 0.310 e. The minimum Gasteiger partial charge on any atom is -0.469 e. The first kappa shape index (κ1) is 27.1. The van der Waals surface area contributed by atoms with E-state index in [2.05, 4.69) is 4.74 Å². The summed E-state index contributed by atoms with van der Waals surface area (Å²) in [6.45, 7) is 4.77. The van der Waals surface area contributed by atoms with Gasteiger partial charge in [0.1, 0.15) is 24.4 Å². The molecular weight excluding hydrogens is 452 g/mol. The van der Waals surface area contributed by atoms with Crippen molar-refractivity contribution in [2.45, 2.75) is 89.8 Å². The maximum Gasteiger partial charge on any atom is 0.310 e. The molecule has 0 amide bonds. The summed E-state index contributed by atoms with van der Waals surface area (Å²) in [4.78, 5) is 35.8. The van der Waals surface area contributed by atoms with Crippen LogP contribution in [0, 0.1) is 0 Å². The van der Waals surface area contributed by atoms with E-state index in [1.165, 1.54) is 20.1 Å². The van der Waals surface area contributed by atoms with Crippen LogP contribution in [-0.4, -0.2) is 60.6 Å². The molecule has 0 aromatic carbocycles. The maximum absolute atomic E-state index is 12.7. The van der Waals surface area contributed by atoms with Gasteiger partial charge in [-0.3, -0.25) is 14.4 Å². The lowest BCUT2D eigenvalue weighted by Gasteiger charge is -2.24. The standard InChI is InChI=1S/C24H33ClO8/c1-14(11-22(28)30-4)10-19(27)24-21-12-18(32-24)9-8-17(25)7-5-6-15(2)20(31-16(3)26)13-23(29)33-21/h6-7,10,18-21,24,27H,5,8-9,11-13H2,1-4H3/b14-10+,15-6-,17-7+/t18-,19+,20+,21+,24+/m0/s1. The summed E-state index contributed by atoms with van der Waals surface area (Å²) in [5.41, 5.74) is 1.33. The summed E-state index contributed by atoms with van der Waals surface area (Å²) >= 11 is 6.35. The highest BCUT2D eigenvalue weighted by molar-refractivity contribution is 6.29. The molecule has 2 aliphatic heterocycles. The Morgan fingerprint density at radius 3 is 2.73 bits per heavy atom. The molecule has 2 rings (SSSR count). The molecule has 1 saturated heterocycles. The number of aliphatic hydroxyl groups excluding tert-OH is 1. The van der Waals surface area contributed by atoms with E-state index in [9.17, 15) is 19.5 Å². The van der Waals surface area contributed by atoms with Crippen molar-refractivity contribution in [3.05, 3.63) is 34.4 Å². The molecule has 1 fully saturated rings. The number of ether oxygens (including phenoxy) is 4. The van der Waals surface area contributed by atoms with Crippen molar-refractivity contribution < 1.29 is 38.4 Å². The van der Waals surface area contributed by atoms with Gasteiger partial charge < -0.3 is 24.1 Å². The number of esters is 3. The summed E-state index contributed by atoms with van der Waals surface area (Å²) in [6.07, 6.45) is 3.64. The molecule has 0 radical (unpaired) electrons. The molecule has 0 spiro atoms. The molecular formula is C24H33ClO8. The Kier molecular flexibility index (Phi) is 10.6.